The van der Waals surface area contributed by atoms with E-state index >= 15 is 0 Å². The van der Waals surface area contributed by atoms with E-state index in [-0.39, 0.29) is 47.5 Å². The summed E-state index contributed by atoms with van der Waals surface area (Å²) in [6.45, 7) is 6.04. The van der Waals surface area contributed by atoms with Crippen molar-refractivity contribution in [1.29, 1.82) is 0 Å². The lowest BCUT2D eigenvalue weighted by Gasteiger charge is -2.36. The maximum Gasteiger partial charge on any atom is 0.322 e. The highest BCUT2D eigenvalue weighted by atomic mass is 16.5. The third-order valence-corrected chi connectivity index (χ3v) is 9.96. The van der Waals surface area contributed by atoms with E-state index in [2.05, 4.69) is 56.7 Å². The van der Waals surface area contributed by atoms with Gasteiger partial charge in [-0.15, -0.1) is 0 Å². The number of ether oxygens (including phenoxy) is 2. The molecule has 4 amide bonds. The van der Waals surface area contributed by atoms with E-state index in [0.29, 0.717) is 28.8 Å². The molecule has 2 N–H and O–H groups in total. The van der Waals surface area contributed by atoms with Crippen molar-refractivity contribution in [3.05, 3.63) is 107 Å². The number of piperidine rings is 1. The zero-order valence-electron chi connectivity index (χ0n) is 29.2. The number of aryl methyl sites for hydroxylation is 1. The third-order valence-electron chi connectivity index (χ3n) is 9.96. The predicted octanol–water partition coefficient (Wildman–Crippen LogP) is 5.38. The second-order valence-corrected chi connectivity index (χ2v) is 13.9. The van der Waals surface area contributed by atoms with Crippen LogP contribution in [0.2, 0.25) is 0 Å². The van der Waals surface area contributed by atoms with E-state index in [0.717, 1.165) is 34.6 Å². The smallest absolute Gasteiger partial charge is 0.322 e. The monoisotopic (exact) mass is 713 g/mol. The zero-order valence-corrected chi connectivity index (χ0v) is 29.2. The normalized spacial score (nSPS) is 19.8. The molecule has 14 heteroatoms. The van der Waals surface area contributed by atoms with Crippen molar-refractivity contribution >= 4 is 29.3 Å². The topological polar surface area (TPSA) is 179 Å². The van der Waals surface area contributed by atoms with Crippen LogP contribution < -0.4 is 20.1 Å². The summed E-state index contributed by atoms with van der Waals surface area (Å²) in [7, 11) is 0. The maximum absolute atomic E-state index is 13.2. The molecule has 3 aromatic carbocycles. The Bertz CT molecular complexity index is 2250. The number of nitrogens with one attached hydrogen (secondary N) is 2. The number of fused-ring (bicyclic) bond motifs is 1. The Balaban J connectivity index is 0.839. The van der Waals surface area contributed by atoms with Gasteiger partial charge in [0.1, 0.15) is 29.3 Å². The highest BCUT2D eigenvalue weighted by Gasteiger charge is 2.45. The van der Waals surface area contributed by atoms with Gasteiger partial charge in [0.25, 0.3) is 11.8 Å². The Morgan fingerprint density at radius 3 is 2.25 bits per heavy atom. The number of imide groups is 2. The number of benzene rings is 3. The van der Waals surface area contributed by atoms with Crippen LogP contribution in [0.25, 0.3) is 11.5 Å². The Labute approximate surface area is 303 Å². The summed E-state index contributed by atoms with van der Waals surface area (Å²) in [5, 5.41) is 9.55. The van der Waals surface area contributed by atoms with Gasteiger partial charge in [-0.05, 0) is 66.1 Å². The molecule has 0 radical (unpaired) electrons. The molecule has 0 spiro atoms. The number of aromatic nitrogens is 4. The maximum atomic E-state index is 13.2. The fourth-order valence-electron chi connectivity index (χ4n) is 6.85. The van der Waals surface area contributed by atoms with Gasteiger partial charge < -0.3 is 19.3 Å². The van der Waals surface area contributed by atoms with E-state index < -0.39 is 29.7 Å². The van der Waals surface area contributed by atoms with Crippen LogP contribution in [0.1, 0.15) is 77.3 Å². The second kappa shape index (κ2) is 13.3. The van der Waals surface area contributed by atoms with Gasteiger partial charge in [-0.3, -0.25) is 29.4 Å². The largest absolute Gasteiger partial charge is 0.490 e. The van der Waals surface area contributed by atoms with Crippen LogP contribution in [-0.4, -0.2) is 66.8 Å². The van der Waals surface area contributed by atoms with Crippen LogP contribution in [0.5, 0.6) is 17.5 Å². The number of carbonyl (C=O) groups is 4. The summed E-state index contributed by atoms with van der Waals surface area (Å²) >= 11 is 0. The highest BCUT2D eigenvalue weighted by Crippen LogP contribution is 2.36. The lowest BCUT2D eigenvalue weighted by atomic mass is 9.78. The molecule has 14 nitrogen and oxygen atoms in total. The molecule has 1 unspecified atom stereocenters. The molecule has 0 bridgehead atoms. The number of rotatable bonds is 10. The molecule has 53 heavy (non-hydrogen) atoms. The Hall–Kier alpha value is -6.44. The van der Waals surface area contributed by atoms with Crippen molar-refractivity contribution in [2.45, 2.75) is 70.1 Å². The summed E-state index contributed by atoms with van der Waals surface area (Å²) in [5.74, 6) is 0.112. The summed E-state index contributed by atoms with van der Waals surface area (Å²) < 4.78 is 17.2. The second-order valence-electron chi connectivity index (χ2n) is 13.9. The highest BCUT2D eigenvalue weighted by molar-refractivity contribution is 6.23. The van der Waals surface area contributed by atoms with Crippen molar-refractivity contribution < 1.29 is 33.2 Å². The molecule has 1 atom stereocenters. The zero-order chi connectivity index (χ0) is 36.9. The summed E-state index contributed by atoms with van der Waals surface area (Å²) in [4.78, 5) is 63.9. The average Bonchev–Trinajstić information content (AvgIpc) is 3.67. The SMILES string of the molecule is Cc1nc(-c2ccnc(Oc3ccc(C(C)(C)c4ccc(O[C@H]5C[C@@H](Nc6ccc7c(c6)C(=O)N(C6CCC(=O)NC6=O)C7=O)C5)cc4)cc3)n2)no1. The van der Waals surface area contributed by atoms with E-state index in [1.807, 2.05) is 36.4 Å². The number of carbonyl (C=O) groups excluding carboxylic acids is 4. The van der Waals surface area contributed by atoms with Gasteiger partial charge in [0.05, 0.1) is 11.1 Å². The minimum absolute atomic E-state index is 0.0283. The van der Waals surface area contributed by atoms with Crippen LogP contribution in [0.3, 0.4) is 0 Å². The quantitative estimate of drug-likeness (QED) is 0.177. The van der Waals surface area contributed by atoms with Crippen LogP contribution in [-0.2, 0) is 15.0 Å². The first kappa shape index (κ1) is 33.7. The standard InChI is InChI=1S/C39H35N7O7/c1-21-41-34(45-53-21)31-16-17-40-38(43-31)52-27-11-6-23(7-12-27)39(2,3)22-4-9-26(10-5-22)51-28-18-25(19-28)42-24-8-13-29-30(20-24)37(50)46(36(29)49)32-14-15-33(47)44-35(32)48/h4-13,16-17,20,25,28,32,42H,14-15,18-19H2,1-3H3,(H,44,47,48)/t25-,28+,32?. The van der Waals surface area contributed by atoms with Crippen LogP contribution in [0.15, 0.2) is 83.5 Å². The van der Waals surface area contributed by atoms with Gasteiger partial charge in [-0.25, -0.2) is 4.98 Å². The Kier molecular flexibility index (Phi) is 8.44. The lowest BCUT2D eigenvalue weighted by Crippen LogP contribution is -2.54. The lowest BCUT2D eigenvalue weighted by molar-refractivity contribution is -0.136. The molecule has 268 valence electrons. The molecule has 4 heterocycles. The number of hydrogen-bond acceptors (Lipinski definition) is 12. The van der Waals surface area contributed by atoms with Gasteiger partial charge in [0, 0.05) is 49.5 Å². The molecule has 5 aromatic rings. The molecular weight excluding hydrogens is 678 g/mol. The Morgan fingerprint density at radius 1 is 0.868 bits per heavy atom. The summed E-state index contributed by atoms with van der Waals surface area (Å²) in [6, 6.07) is 22.0. The molecule has 2 fully saturated rings. The minimum atomic E-state index is -0.992. The van der Waals surface area contributed by atoms with Gasteiger partial charge in [0.2, 0.25) is 23.5 Å². The average molecular weight is 714 g/mol. The van der Waals surface area contributed by atoms with Gasteiger partial charge in [-0.2, -0.15) is 9.97 Å². The minimum Gasteiger partial charge on any atom is -0.490 e. The van der Waals surface area contributed by atoms with E-state index in [9.17, 15) is 19.2 Å². The van der Waals surface area contributed by atoms with Crippen LogP contribution >= 0.6 is 0 Å². The van der Waals surface area contributed by atoms with Gasteiger partial charge >= 0.3 is 6.01 Å². The fraction of sp³-hybridized carbons (Fsp3) is 0.282. The first-order chi connectivity index (χ1) is 25.5. The molecule has 1 aliphatic carbocycles. The summed E-state index contributed by atoms with van der Waals surface area (Å²) in [6.07, 6.45) is 3.34. The van der Waals surface area contributed by atoms with Crippen molar-refractivity contribution in [3.63, 3.8) is 0 Å². The first-order valence-electron chi connectivity index (χ1n) is 17.3. The van der Waals surface area contributed by atoms with Crippen LogP contribution in [0, 0.1) is 6.92 Å². The van der Waals surface area contributed by atoms with Crippen molar-refractivity contribution in [2.24, 2.45) is 0 Å². The van der Waals surface area contributed by atoms with Crippen LogP contribution in [0.4, 0.5) is 5.69 Å². The van der Waals surface area contributed by atoms with Gasteiger partial charge in [-0.1, -0.05) is 43.3 Å². The number of anilines is 1. The van der Waals surface area contributed by atoms with E-state index in [1.165, 1.54) is 0 Å². The molecule has 3 aliphatic rings. The van der Waals surface area contributed by atoms with Gasteiger partial charge in [0.15, 0.2) is 0 Å². The molecule has 1 saturated heterocycles. The fourth-order valence-corrected chi connectivity index (χ4v) is 6.85. The third kappa shape index (κ3) is 6.59. The number of hydrogen-bond donors (Lipinski definition) is 2. The van der Waals surface area contributed by atoms with Crippen molar-refractivity contribution in [2.75, 3.05) is 5.32 Å². The first-order valence-corrected chi connectivity index (χ1v) is 17.3. The van der Waals surface area contributed by atoms with Crippen molar-refractivity contribution in [3.8, 4) is 29.0 Å². The summed E-state index contributed by atoms with van der Waals surface area (Å²) in [5.41, 5.74) is 3.64. The number of amides is 4. The number of nitrogens with zero attached hydrogens (tertiary/aromatic N) is 5. The molecule has 2 aromatic heterocycles. The molecular formula is C39H35N7O7. The molecule has 1 saturated carbocycles. The molecule has 8 rings (SSSR count). The molecule has 2 aliphatic heterocycles. The van der Waals surface area contributed by atoms with Crippen molar-refractivity contribution in [1.82, 2.24) is 30.3 Å². The predicted molar refractivity (Wildman–Crippen MR) is 189 cm³/mol. The van der Waals surface area contributed by atoms with E-state index in [1.54, 1.807) is 37.4 Å². The van der Waals surface area contributed by atoms with E-state index in [4.69, 9.17) is 14.0 Å². The Morgan fingerprint density at radius 2 is 1.57 bits per heavy atom.